The van der Waals surface area contributed by atoms with Crippen molar-refractivity contribution >= 4 is 50.2 Å². The van der Waals surface area contributed by atoms with E-state index in [9.17, 15) is 4.79 Å². The molecule has 3 aromatic rings. The summed E-state index contributed by atoms with van der Waals surface area (Å²) in [6.07, 6.45) is 2.39. The molecule has 4 rings (SSSR count). The van der Waals surface area contributed by atoms with Crippen molar-refractivity contribution in [2.24, 2.45) is 0 Å². The molecule has 1 aliphatic heterocycles. The lowest BCUT2D eigenvalue weighted by atomic mass is 10.1. The summed E-state index contributed by atoms with van der Waals surface area (Å²) in [4.78, 5) is 27.9. The fraction of sp³-hybridized carbons (Fsp3) is 0.368. The Hall–Kier alpha value is -2.23. The number of anilines is 2. The minimum atomic E-state index is -0.0458. The number of morpholine rings is 1. The molecule has 1 N–H and O–H groups in total. The van der Waals surface area contributed by atoms with Crippen LogP contribution in [0.5, 0.6) is 0 Å². The van der Waals surface area contributed by atoms with Gasteiger partial charge in [-0.1, -0.05) is 48.2 Å². The second-order valence-corrected chi connectivity index (χ2v) is 8.22. The molecule has 1 fully saturated rings. The van der Waals surface area contributed by atoms with Gasteiger partial charge < -0.3 is 15.0 Å². The molecule has 28 heavy (non-hydrogen) atoms. The van der Waals surface area contributed by atoms with Gasteiger partial charge in [0, 0.05) is 18.8 Å². The highest BCUT2D eigenvalue weighted by molar-refractivity contribution is 8.00. The molecule has 9 heteroatoms. The van der Waals surface area contributed by atoms with Crippen molar-refractivity contribution in [2.45, 2.75) is 18.4 Å². The zero-order valence-electron chi connectivity index (χ0n) is 15.6. The largest absolute Gasteiger partial charge is 0.378 e. The number of benzene rings is 1. The number of hydrogen-bond donors (Lipinski definition) is 1. The lowest BCUT2D eigenvalue weighted by Gasteiger charge is -2.25. The van der Waals surface area contributed by atoms with Gasteiger partial charge in [0.1, 0.15) is 16.1 Å². The van der Waals surface area contributed by atoms with E-state index in [1.54, 1.807) is 11.3 Å². The van der Waals surface area contributed by atoms with Crippen molar-refractivity contribution < 1.29 is 9.53 Å². The van der Waals surface area contributed by atoms with Gasteiger partial charge in [0.2, 0.25) is 5.91 Å². The van der Waals surface area contributed by atoms with E-state index in [1.165, 1.54) is 18.1 Å². The number of fused-ring (bicyclic) bond motifs is 1. The third-order valence-corrected chi connectivity index (χ3v) is 6.67. The maximum atomic E-state index is 12.4. The highest BCUT2D eigenvalue weighted by Crippen LogP contribution is 2.34. The van der Waals surface area contributed by atoms with Crippen LogP contribution in [-0.4, -0.2) is 52.9 Å². The number of aromatic nitrogens is 3. The molecule has 2 aromatic heterocycles. The number of thiazole rings is 1. The van der Waals surface area contributed by atoms with Gasteiger partial charge in [-0.05, 0) is 18.1 Å². The van der Waals surface area contributed by atoms with Gasteiger partial charge in [-0.3, -0.25) is 4.79 Å². The molecule has 0 atom stereocenters. The molecule has 0 spiro atoms. The van der Waals surface area contributed by atoms with E-state index in [0.717, 1.165) is 45.6 Å². The van der Waals surface area contributed by atoms with Crippen LogP contribution >= 0.6 is 23.1 Å². The summed E-state index contributed by atoms with van der Waals surface area (Å²) in [6.45, 7) is 5.16. The average molecular weight is 416 g/mol. The van der Waals surface area contributed by atoms with Crippen LogP contribution in [0.2, 0.25) is 0 Å². The van der Waals surface area contributed by atoms with Crippen LogP contribution in [0.25, 0.3) is 10.3 Å². The zero-order chi connectivity index (χ0) is 19.3. The van der Waals surface area contributed by atoms with Crippen molar-refractivity contribution in [1.29, 1.82) is 0 Å². The number of nitrogens with zero attached hydrogens (tertiary/aromatic N) is 4. The Morgan fingerprint density at radius 2 is 2.11 bits per heavy atom. The van der Waals surface area contributed by atoms with Gasteiger partial charge in [-0.25, -0.2) is 9.97 Å². The van der Waals surface area contributed by atoms with Crippen LogP contribution in [-0.2, 0) is 16.0 Å². The number of rotatable bonds is 6. The maximum absolute atomic E-state index is 12.4. The molecule has 0 bridgehead atoms. The first-order chi connectivity index (χ1) is 13.7. The van der Waals surface area contributed by atoms with Gasteiger partial charge in [-0.2, -0.15) is 4.98 Å². The Bertz CT molecular complexity index is 972. The number of amides is 1. The quantitative estimate of drug-likeness (QED) is 0.489. The summed E-state index contributed by atoms with van der Waals surface area (Å²) in [5.74, 6) is 0.241. The van der Waals surface area contributed by atoms with Crippen molar-refractivity contribution in [3.05, 3.63) is 36.2 Å². The average Bonchev–Trinajstić information content (AvgIpc) is 3.18. The molecule has 1 aliphatic rings. The monoisotopic (exact) mass is 415 g/mol. The summed E-state index contributed by atoms with van der Waals surface area (Å²) >= 11 is 2.99. The number of thioether (sulfide) groups is 1. The van der Waals surface area contributed by atoms with Gasteiger partial charge >= 0.3 is 0 Å². The van der Waals surface area contributed by atoms with Crippen LogP contribution in [0, 0.1) is 0 Å². The Morgan fingerprint density at radius 1 is 1.29 bits per heavy atom. The number of ether oxygens (including phenoxy) is 1. The van der Waals surface area contributed by atoms with Crippen LogP contribution in [0.3, 0.4) is 0 Å². The first-order valence-electron chi connectivity index (χ1n) is 9.19. The molecule has 0 unspecified atom stereocenters. The molecular weight excluding hydrogens is 394 g/mol. The summed E-state index contributed by atoms with van der Waals surface area (Å²) in [7, 11) is 0. The number of carbonyl (C=O) groups is 1. The van der Waals surface area contributed by atoms with Crippen LogP contribution < -0.4 is 10.2 Å². The molecule has 0 aliphatic carbocycles. The summed E-state index contributed by atoms with van der Waals surface area (Å²) in [6, 6.07) is 7.88. The highest BCUT2D eigenvalue weighted by atomic mass is 32.2. The number of para-hydroxylation sites is 1. The minimum absolute atomic E-state index is 0.0458. The number of carbonyl (C=O) groups excluding carboxylic acids is 1. The van der Waals surface area contributed by atoms with Gasteiger partial charge in [0.15, 0.2) is 10.8 Å². The first-order valence-corrected chi connectivity index (χ1v) is 11.0. The lowest BCUT2D eigenvalue weighted by molar-refractivity contribution is -0.113. The van der Waals surface area contributed by atoms with E-state index in [1.807, 2.05) is 24.3 Å². The van der Waals surface area contributed by atoms with E-state index < -0.39 is 0 Å². The maximum Gasteiger partial charge on any atom is 0.234 e. The van der Waals surface area contributed by atoms with Crippen molar-refractivity contribution in [3.8, 4) is 0 Å². The first kappa shape index (κ1) is 19.1. The summed E-state index contributed by atoms with van der Waals surface area (Å²) < 4.78 is 6.33. The Morgan fingerprint density at radius 3 is 2.93 bits per heavy atom. The second kappa shape index (κ2) is 8.85. The lowest BCUT2D eigenvalue weighted by Crippen LogP contribution is -2.36. The smallest absolute Gasteiger partial charge is 0.234 e. The van der Waals surface area contributed by atoms with Gasteiger partial charge in [0.05, 0.1) is 19.0 Å². The second-order valence-electron chi connectivity index (χ2n) is 6.27. The van der Waals surface area contributed by atoms with E-state index in [-0.39, 0.29) is 11.7 Å². The number of hydrogen-bond acceptors (Lipinski definition) is 8. The van der Waals surface area contributed by atoms with E-state index in [0.29, 0.717) is 18.9 Å². The van der Waals surface area contributed by atoms with Crippen LogP contribution in [0.1, 0.15) is 12.5 Å². The predicted molar refractivity (Wildman–Crippen MR) is 113 cm³/mol. The molecule has 1 aromatic carbocycles. The number of nitrogens with one attached hydrogen (secondary N) is 1. The van der Waals surface area contributed by atoms with Crippen molar-refractivity contribution in [3.63, 3.8) is 0 Å². The highest BCUT2D eigenvalue weighted by Gasteiger charge is 2.18. The van der Waals surface area contributed by atoms with E-state index >= 15 is 0 Å². The third-order valence-electron chi connectivity index (χ3n) is 4.44. The summed E-state index contributed by atoms with van der Waals surface area (Å²) in [5.41, 5.74) is 2.68. The molecule has 7 nitrogen and oxygen atoms in total. The summed E-state index contributed by atoms with van der Waals surface area (Å²) in [5, 5.41) is 4.72. The number of aryl methyl sites for hydroxylation is 1. The molecule has 1 amide bonds. The standard InChI is InChI=1S/C19H21N5O2S2/c1-2-13-5-3-4-6-14(13)22-15(25)11-27-18-16-17(20-12-21-18)23-19(28-16)24-7-9-26-10-8-24/h3-6,12H,2,7-11H2,1H3,(H,22,25). The molecule has 3 heterocycles. The van der Waals surface area contributed by atoms with Gasteiger partial charge in [-0.15, -0.1) is 0 Å². The zero-order valence-corrected chi connectivity index (χ0v) is 17.2. The molecule has 146 valence electrons. The SMILES string of the molecule is CCc1ccccc1NC(=O)CSc1ncnc2nc(N3CCOCC3)sc12. The van der Waals surface area contributed by atoms with Crippen LogP contribution in [0.15, 0.2) is 35.6 Å². The van der Waals surface area contributed by atoms with E-state index in [4.69, 9.17) is 4.74 Å². The Labute approximate surface area is 171 Å². The molecule has 1 saturated heterocycles. The Balaban J connectivity index is 1.45. The fourth-order valence-corrected chi connectivity index (χ4v) is 4.93. The molecule has 0 saturated carbocycles. The van der Waals surface area contributed by atoms with Crippen LogP contribution in [0.4, 0.5) is 10.8 Å². The van der Waals surface area contributed by atoms with Gasteiger partial charge in [0.25, 0.3) is 0 Å². The predicted octanol–water partition coefficient (Wildman–Crippen LogP) is 3.22. The van der Waals surface area contributed by atoms with Crippen molar-refractivity contribution in [1.82, 2.24) is 15.0 Å². The Kier molecular flexibility index (Phi) is 6.04. The molecule has 0 radical (unpaired) electrons. The van der Waals surface area contributed by atoms with Crippen molar-refractivity contribution in [2.75, 3.05) is 42.3 Å². The topological polar surface area (TPSA) is 80.2 Å². The normalized spacial score (nSPS) is 14.4. The molecular formula is C19H21N5O2S2. The fourth-order valence-electron chi connectivity index (χ4n) is 2.99. The third kappa shape index (κ3) is 4.26. The minimum Gasteiger partial charge on any atom is -0.378 e. The van der Waals surface area contributed by atoms with E-state index in [2.05, 4.69) is 32.1 Å².